The minimum atomic E-state index is 0.598. The number of unbranched alkanes of at least 4 members (excludes halogenated alkanes) is 1. The van der Waals surface area contributed by atoms with Gasteiger partial charge in [-0.3, -0.25) is 5.21 Å². The lowest BCUT2D eigenvalue weighted by molar-refractivity contribution is -0.250. The van der Waals surface area contributed by atoms with E-state index >= 15 is 0 Å². The molecule has 0 rings (SSSR count). The van der Waals surface area contributed by atoms with Gasteiger partial charge in [-0.05, 0) is 32.4 Å². The Morgan fingerprint density at radius 2 is 1.46 bits per heavy atom. The first-order chi connectivity index (χ1) is 6.22. The number of hydrazine groups is 2. The fourth-order valence-corrected chi connectivity index (χ4v) is 1.03. The van der Waals surface area contributed by atoms with Crippen LogP contribution in [0.1, 0.15) is 19.3 Å². The van der Waals surface area contributed by atoms with Crippen molar-refractivity contribution in [3.63, 3.8) is 0 Å². The topological polar surface area (TPSA) is 105 Å². The van der Waals surface area contributed by atoms with Crippen LogP contribution in [0.4, 0.5) is 0 Å². The normalized spacial score (nSPS) is 11.5. The Balaban J connectivity index is 3.54. The monoisotopic (exact) mass is 191 g/mol. The predicted octanol–water partition coefficient (Wildman–Crippen LogP) is -1.14. The maximum Gasteiger partial charge on any atom is 0.0181 e. The van der Waals surface area contributed by atoms with Gasteiger partial charge in [-0.1, -0.05) is 5.28 Å². The Morgan fingerprint density at radius 1 is 0.923 bits per heavy atom. The first kappa shape index (κ1) is 12.8. The van der Waals surface area contributed by atoms with Gasteiger partial charge in [-0.15, -0.1) is 0 Å². The van der Waals surface area contributed by atoms with Gasteiger partial charge in [0, 0.05) is 13.1 Å². The molecular formula is C7H21N5O. The second-order valence-corrected chi connectivity index (χ2v) is 2.91. The molecule has 13 heavy (non-hydrogen) atoms. The minimum absolute atomic E-state index is 0.598. The molecule has 0 bridgehead atoms. The summed E-state index contributed by atoms with van der Waals surface area (Å²) in [6.07, 6.45) is 2.68. The van der Waals surface area contributed by atoms with Crippen molar-refractivity contribution in [3.8, 4) is 0 Å². The van der Waals surface area contributed by atoms with Gasteiger partial charge in [-0.2, -0.15) is 0 Å². The lowest BCUT2D eigenvalue weighted by Gasteiger charge is -2.25. The zero-order chi connectivity index (χ0) is 10.1. The average molecular weight is 191 g/mol. The number of nitrogens with two attached hydrogens (primary N) is 3. The van der Waals surface area contributed by atoms with Gasteiger partial charge >= 0.3 is 0 Å². The maximum atomic E-state index is 9.00. The fourth-order valence-electron chi connectivity index (χ4n) is 1.03. The van der Waals surface area contributed by atoms with Crippen LogP contribution in [-0.4, -0.2) is 41.7 Å². The fraction of sp³-hybridized carbons (Fsp3) is 1.00. The quantitative estimate of drug-likeness (QED) is 0.219. The second-order valence-electron chi connectivity index (χ2n) is 2.91. The molecule has 0 fully saturated rings. The highest BCUT2D eigenvalue weighted by Gasteiger charge is 2.07. The van der Waals surface area contributed by atoms with Crippen LogP contribution < -0.4 is 17.3 Å². The molecule has 0 saturated heterocycles. The lowest BCUT2D eigenvalue weighted by atomic mass is 10.3. The van der Waals surface area contributed by atoms with E-state index in [1.807, 2.05) is 0 Å². The number of hydrogen-bond acceptors (Lipinski definition) is 6. The largest absolute Gasteiger partial charge is 0.330 e. The molecule has 0 saturated carbocycles. The Bertz CT molecular complexity index is 111. The van der Waals surface area contributed by atoms with E-state index in [2.05, 4.69) is 0 Å². The molecule has 6 heteroatoms. The lowest BCUT2D eigenvalue weighted by Crippen LogP contribution is -2.46. The summed E-state index contributed by atoms with van der Waals surface area (Å²) in [4.78, 5) is 0. The smallest absolute Gasteiger partial charge is 0.0181 e. The average Bonchev–Trinajstić information content (AvgIpc) is 2.10. The molecule has 0 aromatic heterocycles. The molecule has 0 aromatic rings. The highest BCUT2D eigenvalue weighted by Crippen LogP contribution is 1.96. The summed E-state index contributed by atoms with van der Waals surface area (Å²) < 4.78 is 0. The van der Waals surface area contributed by atoms with Crippen molar-refractivity contribution in [3.05, 3.63) is 0 Å². The van der Waals surface area contributed by atoms with Crippen LogP contribution in [0.2, 0.25) is 0 Å². The maximum absolute atomic E-state index is 9.00. The predicted molar refractivity (Wildman–Crippen MR) is 51.3 cm³/mol. The molecule has 0 heterocycles. The van der Waals surface area contributed by atoms with Crippen molar-refractivity contribution in [2.24, 2.45) is 17.3 Å². The van der Waals surface area contributed by atoms with E-state index in [-0.39, 0.29) is 0 Å². The molecule has 0 aliphatic heterocycles. The molecule has 0 spiro atoms. The van der Waals surface area contributed by atoms with Crippen LogP contribution in [0.25, 0.3) is 0 Å². The van der Waals surface area contributed by atoms with E-state index in [1.165, 1.54) is 0 Å². The van der Waals surface area contributed by atoms with E-state index in [4.69, 9.17) is 22.5 Å². The number of rotatable bonds is 8. The van der Waals surface area contributed by atoms with E-state index in [0.29, 0.717) is 31.5 Å². The molecule has 0 radical (unpaired) electrons. The Kier molecular flexibility index (Phi) is 8.21. The van der Waals surface area contributed by atoms with Gasteiger partial charge in [0.25, 0.3) is 0 Å². The minimum Gasteiger partial charge on any atom is -0.330 e. The molecule has 0 amide bonds. The SMILES string of the molecule is NCCCCN(CCCN)N(N)O. The van der Waals surface area contributed by atoms with Crippen LogP contribution in [-0.2, 0) is 0 Å². The third-order valence-corrected chi connectivity index (χ3v) is 1.78. The van der Waals surface area contributed by atoms with E-state index in [1.54, 1.807) is 5.01 Å². The van der Waals surface area contributed by atoms with Crippen LogP contribution in [0.15, 0.2) is 0 Å². The molecule has 0 aromatic carbocycles. The zero-order valence-corrected chi connectivity index (χ0v) is 8.02. The first-order valence-electron chi connectivity index (χ1n) is 4.61. The molecule has 0 aliphatic carbocycles. The van der Waals surface area contributed by atoms with Gasteiger partial charge in [-0.25, -0.2) is 10.9 Å². The summed E-state index contributed by atoms with van der Waals surface area (Å²) in [6.45, 7) is 2.65. The number of nitrogens with zero attached hydrogens (tertiary/aromatic N) is 2. The third-order valence-electron chi connectivity index (χ3n) is 1.78. The summed E-state index contributed by atoms with van der Waals surface area (Å²) >= 11 is 0. The Morgan fingerprint density at radius 3 is 1.92 bits per heavy atom. The van der Waals surface area contributed by atoms with Crippen molar-refractivity contribution in [1.82, 2.24) is 10.3 Å². The van der Waals surface area contributed by atoms with Crippen molar-refractivity contribution in [2.45, 2.75) is 19.3 Å². The van der Waals surface area contributed by atoms with Crippen molar-refractivity contribution < 1.29 is 5.21 Å². The van der Waals surface area contributed by atoms with Gasteiger partial charge in [0.1, 0.15) is 0 Å². The highest BCUT2D eigenvalue weighted by molar-refractivity contribution is 4.51. The standard InChI is InChI=1S/C7H21N5O/c8-4-1-2-6-11(12(10)13)7-3-5-9/h13H,1-10H2. The first-order valence-corrected chi connectivity index (χ1v) is 4.61. The van der Waals surface area contributed by atoms with Crippen molar-refractivity contribution in [2.75, 3.05) is 26.2 Å². The van der Waals surface area contributed by atoms with Crippen molar-refractivity contribution >= 4 is 0 Å². The van der Waals surface area contributed by atoms with Gasteiger partial charge in [0.2, 0.25) is 0 Å². The molecule has 80 valence electrons. The van der Waals surface area contributed by atoms with Crippen LogP contribution in [0.3, 0.4) is 0 Å². The second kappa shape index (κ2) is 8.36. The molecule has 0 atom stereocenters. The van der Waals surface area contributed by atoms with E-state index in [0.717, 1.165) is 19.3 Å². The van der Waals surface area contributed by atoms with Gasteiger partial charge in [0.15, 0.2) is 0 Å². The van der Waals surface area contributed by atoms with Crippen molar-refractivity contribution in [1.29, 1.82) is 0 Å². The third kappa shape index (κ3) is 6.88. The van der Waals surface area contributed by atoms with Crippen LogP contribution >= 0.6 is 0 Å². The Labute approximate surface area is 79.2 Å². The van der Waals surface area contributed by atoms with Gasteiger partial charge in [0.05, 0.1) is 0 Å². The highest BCUT2D eigenvalue weighted by atomic mass is 16.6. The Hall–Kier alpha value is -0.240. The molecule has 7 N–H and O–H groups in total. The summed E-state index contributed by atoms with van der Waals surface area (Å²) in [5, 5.41) is 11.3. The zero-order valence-electron chi connectivity index (χ0n) is 8.02. The molecule has 6 nitrogen and oxygen atoms in total. The summed E-state index contributed by atoms with van der Waals surface area (Å²) in [6, 6.07) is 0. The van der Waals surface area contributed by atoms with E-state index in [9.17, 15) is 0 Å². The number of hydrogen-bond donors (Lipinski definition) is 4. The molecular weight excluding hydrogens is 170 g/mol. The summed E-state index contributed by atoms with van der Waals surface area (Å²) in [7, 11) is 0. The van der Waals surface area contributed by atoms with Crippen LogP contribution in [0.5, 0.6) is 0 Å². The molecule has 0 unspecified atom stereocenters. The van der Waals surface area contributed by atoms with E-state index < -0.39 is 0 Å². The summed E-state index contributed by atoms with van der Waals surface area (Å²) in [5.41, 5.74) is 10.7. The van der Waals surface area contributed by atoms with Gasteiger partial charge < -0.3 is 11.5 Å². The van der Waals surface area contributed by atoms with Crippen LogP contribution in [0, 0.1) is 0 Å². The molecule has 0 aliphatic rings. The summed E-state index contributed by atoms with van der Waals surface area (Å²) in [5.74, 6) is 5.20.